The summed E-state index contributed by atoms with van der Waals surface area (Å²) >= 11 is 0. The second-order valence-electron chi connectivity index (χ2n) is 9.76. The largest absolute Gasteiger partial charge is 0.467 e. The van der Waals surface area contributed by atoms with E-state index in [-0.39, 0.29) is 5.04 Å². The maximum Gasteiger partial charge on any atom is 0.407 e. The molecule has 0 aliphatic heterocycles. The van der Waals surface area contributed by atoms with Gasteiger partial charge in [-0.05, 0) is 50.9 Å². The Hall–Kier alpha value is -1.86. The summed E-state index contributed by atoms with van der Waals surface area (Å²) in [6, 6.07) is 9.02. The van der Waals surface area contributed by atoms with Gasteiger partial charge in [-0.15, -0.1) is 0 Å². The lowest BCUT2D eigenvalue weighted by Crippen LogP contribution is -2.56. The molecule has 0 heterocycles. The van der Waals surface area contributed by atoms with Crippen LogP contribution in [0.5, 0.6) is 0 Å². The van der Waals surface area contributed by atoms with Crippen LogP contribution in [0, 0.1) is 0 Å². The molecular weight excluding hydrogens is 386 g/mol. The number of carbonyl (C=O) groups excluding carboxylic acids is 2. The molecule has 0 saturated carbocycles. The van der Waals surface area contributed by atoms with Gasteiger partial charge in [-0.2, -0.15) is 0 Å². The zero-order chi connectivity index (χ0) is 22.5. The Morgan fingerprint density at radius 1 is 1.03 bits per heavy atom. The minimum atomic E-state index is -2.32. The van der Waals surface area contributed by atoms with E-state index in [1.807, 2.05) is 30.3 Å². The Morgan fingerprint density at radius 3 is 2.03 bits per heavy atom. The van der Waals surface area contributed by atoms with Crippen LogP contribution in [0.1, 0.15) is 47.1 Å². The third-order valence-electron chi connectivity index (χ3n) is 5.03. The van der Waals surface area contributed by atoms with Crippen LogP contribution in [-0.4, -0.2) is 45.2 Å². The van der Waals surface area contributed by atoms with E-state index in [0.717, 1.165) is 5.56 Å². The van der Waals surface area contributed by atoms with Crippen molar-refractivity contribution in [2.24, 2.45) is 0 Å². The Labute approximate surface area is 176 Å². The molecule has 29 heavy (non-hydrogen) atoms. The number of hydrogen-bond donors (Lipinski definition) is 1. The fraction of sp³-hybridized carbons (Fsp3) is 0.636. The Bertz CT molecular complexity index is 677. The second kappa shape index (κ2) is 9.76. The highest BCUT2D eigenvalue weighted by atomic mass is 28.4. The molecule has 6 nitrogen and oxygen atoms in total. The van der Waals surface area contributed by atoms with Crippen molar-refractivity contribution in [3.05, 3.63) is 35.9 Å². The Morgan fingerprint density at radius 2 is 1.59 bits per heavy atom. The van der Waals surface area contributed by atoms with Gasteiger partial charge in [0, 0.05) is 0 Å². The molecule has 0 aromatic heterocycles. The van der Waals surface area contributed by atoms with Gasteiger partial charge in [0.2, 0.25) is 0 Å². The van der Waals surface area contributed by atoms with Gasteiger partial charge in [0.05, 0.1) is 13.2 Å². The SMILES string of the molecule is COC(=O)[C@@H](O[Si](C)(C)C(C)(C)C)[C@@H](Cc1ccccc1)NC(=O)OC(C)(C)C. The van der Waals surface area contributed by atoms with E-state index < -0.39 is 38.1 Å². The van der Waals surface area contributed by atoms with E-state index in [1.165, 1.54) is 7.11 Å². The molecule has 0 unspecified atom stereocenters. The van der Waals surface area contributed by atoms with Gasteiger partial charge in [0.25, 0.3) is 0 Å². The number of alkyl carbamates (subject to hydrolysis) is 1. The molecule has 1 aromatic carbocycles. The lowest BCUT2D eigenvalue weighted by Gasteiger charge is -2.40. The predicted molar refractivity (Wildman–Crippen MR) is 117 cm³/mol. The molecule has 164 valence electrons. The minimum Gasteiger partial charge on any atom is -0.467 e. The third-order valence-corrected chi connectivity index (χ3v) is 9.48. The second-order valence-corrected chi connectivity index (χ2v) is 14.5. The van der Waals surface area contributed by atoms with Crippen molar-refractivity contribution in [3.8, 4) is 0 Å². The van der Waals surface area contributed by atoms with Crippen molar-refractivity contribution in [2.75, 3.05) is 7.11 Å². The average Bonchev–Trinajstić information content (AvgIpc) is 2.56. The summed E-state index contributed by atoms with van der Waals surface area (Å²) in [6.07, 6.45) is -1.12. The first-order valence-corrected chi connectivity index (χ1v) is 12.9. The fourth-order valence-electron chi connectivity index (χ4n) is 2.47. The van der Waals surface area contributed by atoms with Crippen molar-refractivity contribution in [1.82, 2.24) is 5.32 Å². The molecule has 1 aromatic rings. The summed E-state index contributed by atoms with van der Waals surface area (Å²) in [4.78, 5) is 25.2. The Balaban J connectivity index is 3.23. The fourth-order valence-corrected chi connectivity index (χ4v) is 3.71. The molecule has 0 radical (unpaired) electrons. The van der Waals surface area contributed by atoms with E-state index in [0.29, 0.717) is 6.42 Å². The molecular formula is C22H37NO5Si. The maximum absolute atomic E-state index is 12.7. The topological polar surface area (TPSA) is 73.9 Å². The zero-order valence-corrected chi connectivity index (χ0v) is 20.3. The van der Waals surface area contributed by atoms with Gasteiger partial charge < -0.3 is 19.2 Å². The standard InChI is InChI=1S/C22H37NO5Si/c1-21(2,3)27-20(25)23-17(15-16-13-11-10-12-14-16)18(19(24)26-7)28-29(8,9)22(4,5)6/h10-14,17-18H,15H2,1-9H3,(H,23,25)/t17-,18+/m1/s1. The van der Waals surface area contributed by atoms with Crippen LogP contribution in [0.15, 0.2) is 30.3 Å². The molecule has 1 rings (SSSR count). The number of amides is 1. The number of methoxy groups -OCH3 is 1. The number of carbonyl (C=O) groups is 2. The summed E-state index contributed by atoms with van der Waals surface area (Å²) in [6.45, 7) is 15.8. The molecule has 0 aliphatic rings. The molecule has 0 spiro atoms. The Kier molecular flexibility index (Phi) is 8.47. The predicted octanol–water partition coefficient (Wildman–Crippen LogP) is 4.69. The maximum atomic E-state index is 12.7. The van der Waals surface area contributed by atoms with Crippen LogP contribution in [0.4, 0.5) is 4.79 Å². The smallest absolute Gasteiger partial charge is 0.407 e. The van der Waals surface area contributed by atoms with E-state index in [1.54, 1.807) is 20.8 Å². The molecule has 1 amide bonds. The monoisotopic (exact) mass is 423 g/mol. The van der Waals surface area contributed by atoms with Crippen molar-refractivity contribution < 1.29 is 23.5 Å². The first-order valence-electron chi connectivity index (χ1n) is 9.95. The minimum absolute atomic E-state index is 0.109. The first-order chi connectivity index (χ1) is 13.2. The molecule has 7 heteroatoms. The average molecular weight is 424 g/mol. The van der Waals surface area contributed by atoms with Gasteiger partial charge in [-0.3, -0.25) is 0 Å². The molecule has 0 saturated heterocycles. The quantitative estimate of drug-likeness (QED) is 0.509. The summed E-state index contributed by atoms with van der Waals surface area (Å²) < 4.78 is 16.9. The number of nitrogens with one attached hydrogen (secondary N) is 1. The summed E-state index contributed by atoms with van der Waals surface area (Å²) in [5.74, 6) is -0.508. The van der Waals surface area contributed by atoms with Crippen LogP contribution in [0.3, 0.4) is 0 Å². The number of ether oxygens (including phenoxy) is 2. The summed E-state index contributed by atoms with van der Waals surface area (Å²) in [5.41, 5.74) is 0.323. The van der Waals surface area contributed by atoms with Crippen LogP contribution >= 0.6 is 0 Å². The van der Waals surface area contributed by atoms with E-state index >= 15 is 0 Å². The van der Waals surface area contributed by atoms with Gasteiger partial charge in [-0.25, -0.2) is 9.59 Å². The van der Waals surface area contributed by atoms with E-state index in [2.05, 4.69) is 39.2 Å². The number of hydrogen-bond acceptors (Lipinski definition) is 5. The molecule has 0 fully saturated rings. The van der Waals surface area contributed by atoms with Crippen molar-refractivity contribution >= 4 is 20.4 Å². The lowest BCUT2D eigenvalue weighted by molar-refractivity contribution is -0.150. The summed E-state index contributed by atoms with van der Waals surface area (Å²) in [7, 11) is -0.987. The van der Waals surface area contributed by atoms with Gasteiger partial charge in [-0.1, -0.05) is 51.1 Å². The van der Waals surface area contributed by atoms with Crippen LogP contribution in [-0.2, 0) is 25.1 Å². The molecule has 1 N–H and O–H groups in total. The highest BCUT2D eigenvalue weighted by Crippen LogP contribution is 2.38. The zero-order valence-electron chi connectivity index (χ0n) is 19.3. The van der Waals surface area contributed by atoms with E-state index in [9.17, 15) is 9.59 Å². The van der Waals surface area contributed by atoms with Crippen LogP contribution < -0.4 is 5.32 Å². The van der Waals surface area contributed by atoms with Crippen LogP contribution in [0.2, 0.25) is 18.1 Å². The van der Waals surface area contributed by atoms with Crippen molar-refractivity contribution in [2.45, 2.75) is 83.8 Å². The van der Waals surface area contributed by atoms with Crippen molar-refractivity contribution in [1.29, 1.82) is 0 Å². The van der Waals surface area contributed by atoms with Crippen LogP contribution in [0.25, 0.3) is 0 Å². The van der Waals surface area contributed by atoms with Gasteiger partial charge in [0.1, 0.15) is 5.60 Å². The normalized spacial score (nSPS) is 14.7. The molecule has 2 atom stereocenters. The highest BCUT2D eigenvalue weighted by Gasteiger charge is 2.44. The van der Waals surface area contributed by atoms with Gasteiger partial charge >= 0.3 is 12.1 Å². The number of benzene rings is 1. The molecule has 0 aliphatic carbocycles. The lowest BCUT2D eigenvalue weighted by atomic mass is 10.0. The van der Waals surface area contributed by atoms with Gasteiger partial charge in [0.15, 0.2) is 14.4 Å². The highest BCUT2D eigenvalue weighted by molar-refractivity contribution is 6.74. The van der Waals surface area contributed by atoms with E-state index in [4.69, 9.17) is 13.9 Å². The number of esters is 1. The summed E-state index contributed by atoms with van der Waals surface area (Å²) in [5, 5.41) is 2.74. The number of rotatable bonds is 7. The first kappa shape index (κ1) is 25.2. The molecule has 0 bridgehead atoms. The third kappa shape index (κ3) is 8.18. The van der Waals surface area contributed by atoms with Crippen molar-refractivity contribution in [3.63, 3.8) is 0 Å².